The van der Waals surface area contributed by atoms with E-state index < -0.39 is 11.6 Å². The van der Waals surface area contributed by atoms with Gasteiger partial charge < -0.3 is 5.73 Å². The number of hydrogen-bond donors (Lipinski definition) is 1. The van der Waals surface area contributed by atoms with Crippen LogP contribution in [-0.4, -0.2) is 17.0 Å². The lowest BCUT2D eigenvalue weighted by molar-refractivity contribution is 0.504. The Kier molecular flexibility index (Phi) is 4.40. The molecule has 0 aromatic heterocycles. The summed E-state index contributed by atoms with van der Waals surface area (Å²) >= 11 is 1.91. The molecule has 0 spiro atoms. The second-order valence-corrected chi connectivity index (χ2v) is 5.87. The van der Waals surface area contributed by atoms with Gasteiger partial charge >= 0.3 is 0 Å². The second-order valence-electron chi connectivity index (χ2n) is 4.52. The number of thioether (sulfide) groups is 1. The smallest absolute Gasteiger partial charge is 0.159 e. The van der Waals surface area contributed by atoms with Crippen molar-refractivity contribution in [3.63, 3.8) is 0 Å². The minimum atomic E-state index is -0.797. The van der Waals surface area contributed by atoms with Gasteiger partial charge in [0.05, 0.1) is 0 Å². The van der Waals surface area contributed by atoms with E-state index in [4.69, 9.17) is 5.73 Å². The lowest BCUT2D eigenvalue weighted by atomic mass is 10.0. The fourth-order valence-corrected chi connectivity index (χ4v) is 3.52. The highest BCUT2D eigenvalue weighted by Crippen LogP contribution is 2.28. The van der Waals surface area contributed by atoms with Crippen molar-refractivity contribution in [3.05, 3.63) is 35.4 Å². The van der Waals surface area contributed by atoms with E-state index in [1.54, 1.807) is 6.07 Å². The molecule has 2 N–H and O–H groups in total. The van der Waals surface area contributed by atoms with Crippen LogP contribution < -0.4 is 5.73 Å². The highest BCUT2D eigenvalue weighted by Gasteiger charge is 2.21. The molecule has 0 bridgehead atoms. The zero-order chi connectivity index (χ0) is 12.3. The van der Waals surface area contributed by atoms with Crippen molar-refractivity contribution < 1.29 is 8.78 Å². The van der Waals surface area contributed by atoms with Crippen molar-refractivity contribution in [1.82, 2.24) is 0 Å². The van der Waals surface area contributed by atoms with E-state index in [0.717, 1.165) is 17.7 Å². The third-order valence-electron chi connectivity index (χ3n) is 3.15. The largest absolute Gasteiger partial charge is 0.326 e. The van der Waals surface area contributed by atoms with Crippen molar-refractivity contribution in [2.75, 3.05) is 5.75 Å². The Balaban J connectivity index is 1.96. The van der Waals surface area contributed by atoms with Gasteiger partial charge in [0, 0.05) is 11.3 Å². The highest BCUT2D eigenvalue weighted by atomic mass is 32.2. The molecule has 1 nitrogen and oxygen atoms in total. The zero-order valence-electron chi connectivity index (χ0n) is 9.66. The fourth-order valence-electron chi connectivity index (χ4n) is 2.17. The monoisotopic (exact) mass is 257 g/mol. The summed E-state index contributed by atoms with van der Waals surface area (Å²) < 4.78 is 25.8. The van der Waals surface area contributed by atoms with Gasteiger partial charge in [-0.25, -0.2) is 8.78 Å². The Labute approximate surface area is 105 Å². The maximum absolute atomic E-state index is 13.1. The molecule has 0 saturated carbocycles. The van der Waals surface area contributed by atoms with Crippen molar-refractivity contribution in [2.45, 2.75) is 37.0 Å². The van der Waals surface area contributed by atoms with E-state index in [2.05, 4.69) is 0 Å². The lowest BCUT2D eigenvalue weighted by Crippen LogP contribution is -2.36. The van der Waals surface area contributed by atoms with Crippen molar-refractivity contribution in [2.24, 2.45) is 5.73 Å². The summed E-state index contributed by atoms with van der Waals surface area (Å²) in [5.74, 6) is -0.420. The van der Waals surface area contributed by atoms with E-state index in [-0.39, 0.29) is 6.04 Å². The van der Waals surface area contributed by atoms with E-state index >= 15 is 0 Å². The van der Waals surface area contributed by atoms with Crippen molar-refractivity contribution in [1.29, 1.82) is 0 Å². The van der Waals surface area contributed by atoms with Crippen molar-refractivity contribution >= 4 is 11.8 Å². The Bertz CT molecular complexity index is 378. The van der Waals surface area contributed by atoms with Gasteiger partial charge in [-0.3, -0.25) is 0 Å². The lowest BCUT2D eigenvalue weighted by Gasteiger charge is -2.27. The molecule has 1 fully saturated rings. The topological polar surface area (TPSA) is 26.0 Å². The molecule has 4 heteroatoms. The summed E-state index contributed by atoms with van der Waals surface area (Å²) in [4.78, 5) is 0. The molecular weight excluding hydrogens is 240 g/mol. The van der Waals surface area contributed by atoms with Crippen LogP contribution in [0.3, 0.4) is 0 Å². The molecule has 0 aliphatic carbocycles. The summed E-state index contributed by atoms with van der Waals surface area (Å²) in [6, 6.07) is 4.07. The molecule has 1 aliphatic heterocycles. The molecule has 1 saturated heterocycles. The molecule has 1 heterocycles. The van der Waals surface area contributed by atoms with Gasteiger partial charge in [-0.2, -0.15) is 11.8 Å². The Hall–Kier alpha value is -0.610. The fraction of sp³-hybridized carbons (Fsp3) is 0.538. The summed E-state index contributed by atoms with van der Waals surface area (Å²) in [7, 11) is 0. The molecule has 0 radical (unpaired) electrons. The van der Waals surface area contributed by atoms with Crippen molar-refractivity contribution in [3.8, 4) is 0 Å². The van der Waals surface area contributed by atoms with Gasteiger partial charge in [-0.15, -0.1) is 0 Å². The maximum Gasteiger partial charge on any atom is 0.159 e. The van der Waals surface area contributed by atoms with Gasteiger partial charge in [0.1, 0.15) is 0 Å². The highest BCUT2D eigenvalue weighted by molar-refractivity contribution is 8.00. The van der Waals surface area contributed by atoms with E-state index in [1.165, 1.54) is 25.0 Å². The number of nitrogens with two attached hydrogens (primary N) is 1. The molecule has 2 unspecified atom stereocenters. The zero-order valence-corrected chi connectivity index (χ0v) is 10.5. The normalized spacial score (nSPS) is 22.4. The first-order valence-electron chi connectivity index (χ1n) is 5.98. The first kappa shape index (κ1) is 12.8. The van der Waals surface area contributed by atoms with Crippen LogP contribution in [0.25, 0.3) is 0 Å². The molecule has 1 aromatic rings. The number of benzene rings is 1. The summed E-state index contributed by atoms with van der Waals surface area (Å²) in [5.41, 5.74) is 6.91. The van der Waals surface area contributed by atoms with Crippen LogP contribution in [0, 0.1) is 11.6 Å². The third kappa shape index (κ3) is 3.42. The van der Waals surface area contributed by atoms with Crippen LogP contribution in [0.5, 0.6) is 0 Å². The minimum Gasteiger partial charge on any atom is -0.326 e. The molecule has 1 aliphatic rings. The van der Waals surface area contributed by atoms with Crippen LogP contribution in [-0.2, 0) is 6.42 Å². The standard InChI is InChI=1S/C13H17F2NS/c14-10-5-4-9(7-11(10)15)8-12(16)13-3-1-2-6-17-13/h4-5,7,12-13H,1-3,6,8,16H2. The molecule has 2 atom stereocenters. The average Bonchev–Trinajstić information content (AvgIpc) is 2.35. The molecule has 94 valence electrons. The van der Waals surface area contributed by atoms with Crippen LogP contribution in [0.15, 0.2) is 18.2 Å². The van der Waals surface area contributed by atoms with Crippen LogP contribution in [0.1, 0.15) is 24.8 Å². The molecule has 1 aromatic carbocycles. The van der Waals surface area contributed by atoms with E-state index in [0.29, 0.717) is 11.7 Å². The second kappa shape index (κ2) is 5.83. The molecule has 0 amide bonds. The van der Waals surface area contributed by atoms with Gasteiger partial charge in [0.15, 0.2) is 11.6 Å². The van der Waals surface area contributed by atoms with Gasteiger partial charge in [-0.1, -0.05) is 12.5 Å². The van der Waals surface area contributed by atoms with Gasteiger partial charge in [0.25, 0.3) is 0 Å². The number of hydrogen-bond acceptors (Lipinski definition) is 2. The van der Waals surface area contributed by atoms with Gasteiger partial charge in [0.2, 0.25) is 0 Å². The summed E-state index contributed by atoms with van der Waals surface area (Å²) in [5, 5.41) is 0.455. The van der Waals surface area contributed by atoms with E-state index in [1.807, 2.05) is 11.8 Å². The minimum absolute atomic E-state index is 0.0326. The molecular formula is C13H17F2NS. The quantitative estimate of drug-likeness (QED) is 0.900. The average molecular weight is 257 g/mol. The number of rotatable bonds is 3. The maximum atomic E-state index is 13.1. The van der Waals surface area contributed by atoms with Crippen LogP contribution in [0.2, 0.25) is 0 Å². The predicted octanol–water partition coefficient (Wildman–Crippen LogP) is 3.12. The van der Waals surface area contributed by atoms with Gasteiger partial charge in [-0.05, 0) is 42.7 Å². The predicted molar refractivity (Wildman–Crippen MR) is 68.1 cm³/mol. The third-order valence-corrected chi connectivity index (χ3v) is 4.69. The Morgan fingerprint density at radius 2 is 2.12 bits per heavy atom. The molecule has 2 rings (SSSR count). The Morgan fingerprint density at radius 1 is 1.29 bits per heavy atom. The van der Waals surface area contributed by atoms with E-state index in [9.17, 15) is 8.78 Å². The SMILES string of the molecule is NC(Cc1ccc(F)c(F)c1)C1CCCCS1. The Morgan fingerprint density at radius 3 is 2.76 bits per heavy atom. The molecule has 17 heavy (non-hydrogen) atoms. The van der Waals surface area contributed by atoms with Crippen LogP contribution in [0.4, 0.5) is 8.78 Å². The number of halogens is 2. The van der Waals surface area contributed by atoms with Crippen LogP contribution >= 0.6 is 11.8 Å². The summed E-state index contributed by atoms with van der Waals surface area (Å²) in [6.45, 7) is 0. The first-order valence-corrected chi connectivity index (χ1v) is 7.03. The first-order chi connectivity index (χ1) is 8.16. The summed E-state index contributed by atoms with van der Waals surface area (Å²) in [6.07, 6.45) is 4.24.